The van der Waals surface area contributed by atoms with E-state index in [1.54, 1.807) is 0 Å². The van der Waals surface area contributed by atoms with Gasteiger partial charge in [-0.1, -0.05) is 45.0 Å². The molecule has 2 aromatic heterocycles. The number of anilines is 1. The van der Waals surface area contributed by atoms with Gasteiger partial charge in [0, 0.05) is 34.7 Å². The van der Waals surface area contributed by atoms with Crippen LogP contribution in [-0.4, -0.2) is 40.1 Å². The minimum atomic E-state index is 0.279. The fourth-order valence-electron chi connectivity index (χ4n) is 3.71. The molecule has 0 spiro atoms. The number of ether oxygens (including phenoxy) is 1. The maximum Gasteiger partial charge on any atom is 0.324 e. The van der Waals surface area contributed by atoms with E-state index in [1.807, 2.05) is 30.1 Å². The van der Waals surface area contributed by atoms with Crippen LogP contribution in [0, 0.1) is 5.92 Å². The van der Waals surface area contributed by atoms with Crippen LogP contribution < -0.4 is 9.64 Å². The molecule has 6 nitrogen and oxygen atoms in total. The Morgan fingerprint density at radius 2 is 1.81 bits per heavy atom. The van der Waals surface area contributed by atoms with Crippen LogP contribution in [0.3, 0.4) is 0 Å². The smallest absolute Gasteiger partial charge is 0.324 e. The van der Waals surface area contributed by atoms with Gasteiger partial charge in [-0.3, -0.25) is 4.98 Å². The Hall–Kier alpha value is -2.54. The highest BCUT2D eigenvalue weighted by Gasteiger charge is 2.24. The van der Waals surface area contributed by atoms with Gasteiger partial charge in [-0.15, -0.1) is 11.8 Å². The fourth-order valence-corrected chi connectivity index (χ4v) is 4.54. The first-order valence-corrected chi connectivity index (χ1v) is 12.3. The molecule has 170 valence electrons. The molecule has 1 aliphatic heterocycles. The monoisotopic (exact) mass is 452 g/mol. The largest absolute Gasteiger partial charge is 0.492 e. The molecular weight excluding hydrogens is 420 g/mol. The van der Waals surface area contributed by atoms with Gasteiger partial charge in [0.15, 0.2) is 5.82 Å². The Kier molecular flexibility index (Phi) is 7.35. The van der Waals surface area contributed by atoms with E-state index in [0.29, 0.717) is 23.8 Å². The van der Waals surface area contributed by atoms with E-state index in [2.05, 4.69) is 72.0 Å². The lowest BCUT2D eigenvalue weighted by Gasteiger charge is -2.30. The zero-order valence-electron chi connectivity index (χ0n) is 19.3. The minimum absolute atomic E-state index is 0.279. The standard InChI is InChI=1S/C25H32N4O2S/c1-17(2)24-27-25(31-28-24)29-13-11-19(12-14-29)16-30-21-7-10-23(26-15-21)20-5-8-22(9-6-20)32-18(3)4/h5-10,15,17-19H,11-14,16H2,1-4H3. The Labute approximate surface area is 194 Å². The molecule has 0 unspecified atom stereocenters. The molecule has 0 atom stereocenters. The Balaban J connectivity index is 1.25. The summed E-state index contributed by atoms with van der Waals surface area (Å²) in [6.07, 6.45) is 3.92. The lowest BCUT2D eigenvalue weighted by atomic mass is 9.98. The minimum Gasteiger partial charge on any atom is -0.492 e. The average Bonchev–Trinajstić information content (AvgIpc) is 3.29. The van der Waals surface area contributed by atoms with E-state index in [0.717, 1.165) is 48.8 Å². The number of rotatable bonds is 8. The topological polar surface area (TPSA) is 64.3 Å². The second kappa shape index (κ2) is 10.4. The van der Waals surface area contributed by atoms with Crippen molar-refractivity contribution in [3.63, 3.8) is 0 Å². The zero-order chi connectivity index (χ0) is 22.5. The summed E-state index contributed by atoms with van der Waals surface area (Å²) in [6, 6.07) is 13.3. The Morgan fingerprint density at radius 3 is 2.41 bits per heavy atom. The van der Waals surface area contributed by atoms with Gasteiger partial charge in [0.25, 0.3) is 0 Å². The van der Waals surface area contributed by atoms with Crippen molar-refractivity contribution in [3.8, 4) is 17.0 Å². The van der Waals surface area contributed by atoms with Crippen LogP contribution in [0.2, 0.25) is 0 Å². The normalized spacial score (nSPS) is 15.0. The predicted octanol–water partition coefficient (Wildman–Crippen LogP) is 6.05. The molecule has 1 aromatic carbocycles. The van der Waals surface area contributed by atoms with Crippen molar-refractivity contribution in [2.45, 2.75) is 56.6 Å². The molecule has 0 radical (unpaired) electrons. The molecule has 3 heterocycles. The van der Waals surface area contributed by atoms with Gasteiger partial charge in [0.1, 0.15) is 5.75 Å². The Morgan fingerprint density at radius 1 is 1.06 bits per heavy atom. The Bertz CT molecular complexity index is 978. The number of hydrogen-bond acceptors (Lipinski definition) is 7. The molecule has 0 saturated carbocycles. The highest BCUT2D eigenvalue weighted by atomic mass is 32.2. The van der Waals surface area contributed by atoms with Crippen molar-refractivity contribution in [2.24, 2.45) is 5.92 Å². The van der Waals surface area contributed by atoms with Crippen molar-refractivity contribution in [1.82, 2.24) is 15.1 Å². The van der Waals surface area contributed by atoms with Gasteiger partial charge in [0.2, 0.25) is 0 Å². The number of hydrogen-bond donors (Lipinski definition) is 0. The molecule has 1 fully saturated rings. The number of thioether (sulfide) groups is 1. The molecular formula is C25H32N4O2S. The van der Waals surface area contributed by atoms with Gasteiger partial charge in [-0.25, -0.2) is 0 Å². The lowest BCUT2D eigenvalue weighted by molar-refractivity contribution is 0.219. The fraction of sp³-hybridized carbons (Fsp3) is 0.480. The quantitative estimate of drug-likeness (QED) is 0.385. The molecule has 0 N–H and O–H groups in total. The predicted molar refractivity (Wildman–Crippen MR) is 129 cm³/mol. The summed E-state index contributed by atoms with van der Waals surface area (Å²) in [6.45, 7) is 11.1. The van der Waals surface area contributed by atoms with Crippen molar-refractivity contribution in [3.05, 3.63) is 48.4 Å². The number of aromatic nitrogens is 3. The SMILES string of the molecule is CC(C)Sc1ccc(-c2ccc(OCC3CCN(c4nc(C(C)C)no4)CC3)cn2)cc1. The molecule has 32 heavy (non-hydrogen) atoms. The summed E-state index contributed by atoms with van der Waals surface area (Å²) in [5, 5.41) is 4.65. The van der Waals surface area contributed by atoms with Crippen molar-refractivity contribution in [1.29, 1.82) is 0 Å². The van der Waals surface area contributed by atoms with Crippen LogP contribution in [0.4, 0.5) is 6.01 Å². The van der Waals surface area contributed by atoms with Gasteiger partial charge in [-0.05, 0) is 43.0 Å². The van der Waals surface area contributed by atoms with Crippen molar-refractivity contribution < 1.29 is 9.26 Å². The summed E-state index contributed by atoms with van der Waals surface area (Å²) in [5.41, 5.74) is 2.09. The van der Waals surface area contributed by atoms with Crippen molar-refractivity contribution >= 4 is 17.8 Å². The maximum atomic E-state index is 6.04. The van der Waals surface area contributed by atoms with E-state index in [1.165, 1.54) is 4.90 Å². The van der Waals surface area contributed by atoms with Crippen LogP contribution in [0.25, 0.3) is 11.3 Å². The molecule has 1 aliphatic rings. The second-order valence-corrected chi connectivity index (χ2v) is 10.6. The summed E-state index contributed by atoms with van der Waals surface area (Å²) in [7, 11) is 0. The highest BCUT2D eigenvalue weighted by Crippen LogP contribution is 2.27. The van der Waals surface area contributed by atoms with Crippen LogP contribution in [0.1, 0.15) is 52.3 Å². The average molecular weight is 453 g/mol. The van der Waals surface area contributed by atoms with E-state index in [9.17, 15) is 0 Å². The zero-order valence-corrected chi connectivity index (χ0v) is 20.1. The number of nitrogens with zero attached hydrogens (tertiary/aromatic N) is 4. The lowest BCUT2D eigenvalue weighted by Crippen LogP contribution is -2.35. The molecule has 0 bridgehead atoms. The van der Waals surface area contributed by atoms with E-state index in [4.69, 9.17) is 9.26 Å². The first-order valence-electron chi connectivity index (χ1n) is 11.4. The van der Waals surface area contributed by atoms with Gasteiger partial charge >= 0.3 is 6.01 Å². The molecule has 4 rings (SSSR count). The van der Waals surface area contributed by atoms with E-state index < -0.39 is 0 Å². The molecule has 0 amide bonds. The summed E-state index contributed by atoms with van der Waals surface area (Å²) >= 11 is 1.87. The first-order chi connectivity index (χ1) is 15.5. The molecule has 7 heteroatoms. The third kappa shape index (κ3) is 5.82. The van der Waals surface area contributed by atoms with Crippen LogP contribution in [0.5, 0.6) is 5.75 Å². The van der Waals surface area contributed by atoms with Gasteiger partial charge in [-0.2, -0.15) is 4.98 Å². The van der Waals surface area contributed by atoms with Crippen LogP contribution >= 0.6 is 11.8 Å². The highest BCUT2D eigenvalue weighted by molar-refractivity contribution is 7.99. The summed E-state index contributed by atoms with van der Waals surface area (Å²) in [4.78, 5) is 12.6. The van der Waals surface area contributed by atoms with E-state index >= 15 is 0 Å². The van der Waals surface area contributed by atoms with Gasteiger partial charge in [0.05, 0.1) is 18.5 Å². The summed E-state index contributed by atoms with van der Waals surface area (Å²) < 4.78 is 11.5. The van der Waals surface area contributed by atoms with E-state index in [-0.39, 0.29) is 5.92 Å². The van der Waals surface area contributed by atoms with Gasteiger partial charge < -0.3 is 14.2 Å². The third-order valence-electron chi connectivity index (χ3n) is 5.58. The molecule has 3 aromatic rings. The van der Waals surface area contributed by atoms with Crippen LogP contribution in [0.15, 0.2) is 52.0 Å². The number of pyridine rings is 1. The maximum absolute atomic E-state index is 6.04. The van der Waals surface area contributed by atoms with Crippen LogP contribution in [-0.2, 0) is 0 Å². The second-order valence-electron chi connectivity index (χ2n) is 8.90. The first kappa shape index (κ1) is 22.6. The summed E-state index contributed by atoms with van der Waals surface area (Å²) in [5.74, 6) is 2.39. The number of benzene rings is 1. The molecule has 0 aliphatic carbocycles. The van der Waals surface area contributed by atoms with Crippen molar-refractivity contribution in [2.75, 3.05) is 24.6 Å². The third-order valence-corrected chi connectivity index (χ3v) is 6.59. The molecule has 1 saturated heterocycles. The number of piperidine rings is 1.